The van der Waals surface area contributed by atoms with Gasteiger partial charge in [-0.05, 0) is 39.4 Å². The number of hydrogen-bond acceptors (Lipinski definition) is 7. The lowest BCUT2D eigenvalue weighted by atomic mass is 10.2. The van der Waals surface area contributed by atoms with Crippen LogP contribution in [0.2, 0.25) is 0 Å². The fourth-order valence-corrected chi connectivity index (χ4v) is 3.54. The van der Waals surface area contributed by atoms with Gasteiger partial charge >= 0.3 is 0 Å². The maximum Gasteiger partial charge on any atom is 0.231 e. The van der Waals surface area contributed by atoms with E-state index < -0.39 is 0 Å². The van der Waals surface area contributed by atoms with Gasteiger partial charge in [-0.1, -0.05) is 0 Å². The highest BCUT2D eigenvalue weighted by molar-refractivity contribution is 8.00. The molecule has 1 aliphatic rings. The Morgan fingerprint density at radius 2 is 1.81 bits per heavy atom. The molecule has 1 atom stereocenters. The second-order valence-corrected chi connectivity index (χ2v) is 6.41. The summed E-state index contributed by atoms with van der Waals surface area (Å²) < 4.78 is 0. The van der Waals surface area contributed by atoms with Crippen LogP contribution < -0.4 is 15.5 Å². The van der Waals surface area contributed by atoms with Gasteiger partial charge in [0.1, 0.15) is 0 Å². The molecule has 7 heteroatoms. The summed E-state index contributed by atoms with van der Waals surface area (Å²) in [5.41, 5.74) is 0. The number of hydrogen-bond donors (Lipinski definition) is 2. The van der Waals surface area contributed by atoms with Crippen molar-refractivity contribution in [2.75, 3.05) is 47.5 Å². The summed E-state index contributed by atoms with van der Waals surface area (Å²) in [7, 11) is 0. The summed E-state index contributed by atoms with van der Waals surface area (Å²) in [6, 6.07) is 0. The molecule has 2 N–H and O–H groups in total. The Morgan fingerprint density at radius 1 is 1.10 bits per heavy atom. The maximum absolute atomic E-state index is 4.56. The van der Waals surface area contributed by atoms with Gasteiger partial charge in [0.25, 0.3) is 0 Å². The van der Waals surface area contributed by atoms with Crippen molar-refractivity contribution < 1.29 is 0 Å². The van der Waals surface area contributed by atoms with Gasteiger partial charge in [0, 0.05) is 31.4 Å². The average molecular weight is 310 g/mol. The highest BCUT2D eigenvalue weighted by Crippen LogP contribution is 2.26. The molecule has 2 rings (SSSR count). The van der Waals surface area contributed by atoms with E-state index in [9.17, 15) is 0 Å². The van der Waals surface area contributed by atoms with Crippen LogP contribution in [0.5, 0.6) is 0 Å². The molecule has 1 aliphatic heterocycles. The van der Waals surface area contributed by atoms with E-state index in [1.165, 1.54) is 18.6 Å². The van der Waals surface area contributed by atoms with Crippen LogP contribution in [0.15, 0.2) is 0 Å². The van der Waals surface area contributed by atoms with Crippen molar-refractivity contribution in [3.63, 3.8) is 0 Å². The third-order valence-corrected chi connectivity index (χ3v) is 4.91. The van der Waals surface area contributed by atoms with Gasteiger partial charge in [0.05, 0.1) is 0 Å². The van der Waals surface area contributed by atoms with Crippen molar-refractivity contribution in [1.82, 2.24) is 15.0 Å². The van der Waals surface area contributed by atoms with Crippen LogP contribution in [0.1, 0.15) is 33.6 Å². The Bertz CT molecular complexity index is 431. The molecule has 0 bridgehead atoms. The first-order valence-corrected chi connectivity index (χ1v) is 8.92. The maximum atomic E-state index is 4.56. The Kier molecular flexibility index (Phi) is 6.35. The predicted octanol–water partition coefficient (Wildman–Crippen LogP) is 2.46. The van der Waals surface area contributed by atoms with Gasteiger partial charge in [-0.25, -0.2) is 0 Å². The molecule has 118 valence electrons. The Hall–Kier alpha value is -1.24. The molecule has 0 amide bonds. The first-order valence-electron chi connectivity index (χ1n) is 7.87. The van der Waals surface area contributed by atoms with Gasteiger partial charge in [0.15, 0.2) is 0 Å². The van der Waals surface area contributed by atoms with E-state index in [-0.39, 0.29) is 0 Å². The molecule has 0 saturated carbocycles. The molecular weight excluding hydrogens is 284 g/mol. The molecule has 1 saturated heterocycles. The van der Waals surface area contributed by atoms with Crippen molar-refractivity contribution in [3.8, 4) is 0 Å². The van der Waals surface area contributed by atoms with Gasteiger partial charge in [-0.15, -0.1) is 0 Å². The van der Waals surface area contributed by atoms with E-state index in [0.717, 1.165) is 32.1 Å². The number of thioether (sulfide) groups is 1. The fraction of sp³-hybridized carbons (Fsp3) is 0.786. The molecule has 1 unspecified atom stereocenters. The van der Waals surface area contributed by atoms with E-state index in [0.29, 0.717) is 17.1 Å². The zero-order chi connectivity index (χ0) is 15.1. The number of rotatable bonds is 8. The van der Waals surface area contributed by atoms with Crippen molar-refractivity contribution in [2.45, 2.75) is 38.9 Å². The zero-order valence-electron chi connectivity index (χ0n) is 13.2. The van der Waals surface area contributed by atoms with Gasteiger partial charge in [-0.3, -0.25) is 0 Å². The first-order chi connectivity index (χ1) is 10.3. The van der Waals surface area contributed by atoms with Crippen LogP contribution >= 0.6 is 11.8 Å². The molecule has 0 spiro atoms. The SMILES string of the molecule is CCNc1nc(NCC2CCCS2)nc(N(CC)CC)n1. The monoisotopic (exact) mass is 310 g/mol. The molecule has 0 radical (unpaired) electrons. The van der Waals surface area contributed by atoms with Crippen LogP contribution in [0.25, 0.3) is 0 Å². The first kappa shape index (κ1) is 16.1. The zero-order valence-corrected chi connectivity index (χ0v) is 14.0. The topological polar surface area (TPSA) is 66.0 Å². The van der Waals surface area contributed by atoms with Crippen LogP contribution in [0, 0.1) is 0 Å². The third-order valence-electron chi connectivity index (χ3n) is 3.52. The van der Waals surface area contributed by atoms with E-state index in [2.05, 4.69) is 44.3 Å². The summed E-state index contributed by atoms with van der Waals surface area (Å²) in [6.07, 6.45) is 2.60. The van der Waals surface area contributed by atoms with E-state index >= 15 is 0 Å². The quantitative estimate of drug-likeness (QED) is 0.764. The minimum absolute atomic E-state index is 0.649. The normalized spacial score (nSPS) is 17.8. The smallest absolute Gasteiger partial charge is 0.231 e. The molecule has 21 heavy (non-hydrogen) atoms. The fourth-order valence-electron chi connectivity index (χ4n) is 2.34. The van der Waals surface area contributed by atoms with E-state index in [1.54, 1.807) is 0 Å². The predicted molar refractivity (Wildman–Crippen MR) is 91.5 cm³/mol. The van der Waals surface area contributed by atoms with Gasteiger partial charge < -0.3 is 15.5 Å². The second-order valence-electron chi connectivity index (χ2n) is 5.00. The summed E-state index contributed by atoms with van der Waals surface area (Å²) >= 11 is 2.04. The highest BCUT2D eigenvalue weighted by atomic mass is 32.2. The molecule has 0 aromatic carbocycles. The van der Waals surface area contributed by atoms with E-state index in [4.69, 9.17) is 0 Å². The van der Waals surface area contributed by atoms with Crippen molar-refractivity contribution >= 4 is 29.6 Å². The highest BCUT2D eigenvalue weighted by Gasteiger charge is 2.16. The molecule has 1 aromatic heterocycles. The summed E-state index contributed by atoms with van der Waals surface area (Å²) in [4.78, 5) is 15.6. The minimum atomic E-state index is 0.649. The average Bonchev–Trinajstić information content (AvgIpc) is 3.00. The minimum Gasteiger partial charge on any atom is -0.354 e. The lowest BCUT2D eigenvalue weighted by Crippen LogP contribution is -2.26. The number of nitrogens with zero attached hydrogens (tertiary/aromatic N) is 4. The van der Waals surface area contributed by atoms with Gasteiger partial charge in [-0.2, -0.15) is 26.7 Å². The largest absolute Gasteiger partial charge is 0.354 e. The summed E-state index contributed by atoms with van der Waals surface area (Å²) in [5, 5.41) is 7.25. The number of aromatic nitrogens is 3. The van der Waals surface area contributed by atoms with Crippen LogP contribution in [-0.2, 0) is 0 Å². The lowest BCUT2D eigenvalue weighted by Gasteiger charge is -2.20. The van der Waals surface area contributed by atoms with Crippen LogP contribution in [0.3, 0.4) is 0 Å². The summed E-state index contributed by atoms with van der Waals surface area (Å²) in [6.45, 7) is 9.79. The lowest BCUT2D eigenvalue weighted by molar-refractivity contribution is 0.790. The van der Waals surface area contributed by atoms with E-state index in [1.807, 2.05) is 18.7 Å². The summed E-state index contributed by atoms with van der Waals surface area (Å²) in [5.74, 6) is 3.34. The van der Waals surface area contributed by atoms with Crippen molar-refractivity contribution in [1.29, 1.82) is 0 Å². The van der Waals surface area contributed by atoms with Crippen LogP contribution in [0.4, 0.5) is 17.8 Å². The number of nitrogens with one attached hydrogen (secondary N) is 2. The number of anilines is 3. The van der Waals surface area contributed by atoms with Gasteiger partial charge in [0.2, 0.25) is 17.8 Å². The molecule has 0 aliphatic carbocycles. The standard InChI is InChI=1S/C14H26N6S/c1-4-15-12-17-13(16-10-11-8-7-9-21-11)19-14(18-12)20(5-2)6-3/h11H,4-10H2,1-3H3,(H2,15,16,17,18,19). The Morgan fingerprint density at radius 3 is 2.38 bits per heavy atom. The molecule has 2 heterocycles. The van der Waals surface area contributed by atoms with Crippen molar-refractivity contribution in [2.24, 2.45) is 0 Å². The Balaban J connectivity index is 2.09. The van der Waals surface area contributed by atoms with Crippen LogP contribution in [-0.4, -0.2) is 52.1 Å². The molecule has 1 fully saturated rings. The van der Waals surface area contributed by atoms with Crippen molar-refractivity contribution in [3.05, 3.63) is 0 Å². The molecule has 1 aromatic rings. The second kappa shape index (κ2) is 8.26. The Labute approximate surface area is 131 Å². The third kappa shape index (κ3) is 4.62. The molecule has 6 nitrogen and oxygen atoms in total. The molecular formula is C14H26N6S.